The molecular formula is C11H14ClFN2O3. The van der Waals surface area contributed by atoms with E-state index in [-0.39, 0.29) is 18.2 Å². The smallest absolute Gasteiger partial charge is 0.319 e. The van der Waals surface area contributed by atoms with E-state index in [1.54, 1.807) is 0 Å². The molecule has 100 valence electrons. The largest absolute Gasteiger partial charge is 0.389 e. The molecule has 0 aliphatic heterocycles. The summed E-state index contributed by atoms with van der Waals surface area (Å²) >= 11 is 5.56. The number of hydrogen-bond acceptors (Lipinski definition) is 3. The van der Waals surface area contributed by atoms with Crippen LogP contribution in [0, 0.1) is 5.82 Å². The monoisotopic (exact) mass is 276 g/mol. The molecule has 1 rings (SSSR count). The molecule has 0 saturated carbocycles. The van der Waals surface area contributed by atoms with Crippen LogP contribution in [0.15, 0.2) is 18.2 Å². The van der Waals surface area contributed by atoms with Gasteiger partial charge in [0.2, 0.25) is 0 Å². The van der Waals surface area contributed by atoms with Crippen LogP contribution in [0.5, 0.6) is 0 Å². The number of aliphatic hydroxyl groups is 1. The molecule has 0 saturated heterocycles. The Bertz CT molecular complexity index is 417. The third-order valence-corrected chi connectivity index (χ3v) is 2.32. The van der Waals surface area contributed by atoms with Crippen LogP contribution < -0.4 is 10.6 Å². The van der Waals surface area contributed by atoms with Gasteiger partial charge in [-0.15, -0.1) is 0 Å². The highest BCUT2D eigenvalue weighted by atomic mass is 35.5. The number of halogens is 2. The molecule has 0 bridgehead atoms. The molecule has 0 aromatic heterocycles. The fourth-order valence-electron chi connectivity index (χ4n) is 1.21. The van der Waals surface area contributed by atoms with Gasteiger partial charge in [-0.05, 0) is 18.2 Å². The number of methoxy groups -OCH3 is 1. The minimum absolute atomic E-state index is 0.0502. The first kappa shape index (κ1) is 14.7. The molecule has 0 radical (unpaired) electrons. The van der Waals surface area contributed by atoms with Crippen molar-refractivity contribution < 1.29 is 19.0 Å². The quantitative estimate of drug-likeness (QED) is 0.765. The Labute approximate surface area is 109 Å². The van der Waals surface area contributed by atoms with Gasteiger partial charge in [0.05, 0.1) is 17.7 Å². The third kappa shape index (κ3) is 4.87. The summed E-state index contributed by atoms with van der Waals surface area (Å²) < 4.78 is 17.6. The van der Waals surface area contributed by atoms with Crippen molar-refractivity contribution >= 4 is 23.3 Å². The Morgan fingerprint density at radius 1 is 1.61 bits per heavy atom. The molecule has 1 aromatic carbocycles. The van der Waals surface area contributed by atoms with Crippen molar-refractivity contribution in [3.63, 3.8) is 0 Å². The molecule has 0 heterocycles. The molecule has 2 amide bonds. The average Bonchev–Trinajstić information content (AvgIpc) is 2.32. The molecule has 1 aromatic rings. The van der Waals surface area contributed by atoms with Gasteiger partial charge in [-0.3, -0.25) is 0 Å². The molecule has 0 aliphatic carbocycles. The summed E-state index contributed by atoms with van der Waals surface area (Å²) in [6, 6.07) is 3.31. The topological polar surface area (TPSA) is 70.6 Å². The van der Waals surface area contributed by atoms with Crippen molar-refractivity contribution in [3.05, 3.63) is 29.0 Å². The number of carbonyl (C=O) groups excluding carboxylic acids is 1. The lowest BCUT2D eigenvalue weighted by molar-refractivity contribution is 0.0663. The maximum Gasteiger partial charge on any atom is 0.319 e. The third-order valence-electron chi connectivity index (χ3n) is 2.03. The lowest BCUT2D eigenvalue weighted by atomic mass is 10.3. The van der Waals surface area contributed by atoms with Crippen molar-refractivity contribution in [2.75, 3.05) is 25.6 Å². The number of aliphatic hydroxyl groups excluding tert-OH is 1. The highest BCUT2D eigenvalue weighted by Gasteiger charge is 2.07. The van der Waals surface area contributed by atoms with Gasteiger partial charge in [0.25, 0.3) is 0 Å². The van der Waals surface area contributed by atoms with Gasteiger partial charge >= 0.3 is 6.03 Å². The second-order valence-corrected chi connectivity index (χ2v) is 3.98. The first-order valence-electron chi connectivity index (χ1n) is 5.20. The number of urea groups is 1. The van der Waals surface area contributed by atoms with Gasteiger partial charge in [0.1, 0.15) is 5.82 Å². The van der Waals surface area contributed by atoms with Crippen LogP contribution in [-0.2, 0) is 4.74 Å². The number of amides is 2. The van der Waals surface area contributed by atoms with Crippen LogP contribution in [0.2, 0.25) is 5.02 Å². The van der Waals surface area contributed by atoms with E-state index < -0.39 is 18.0 Å². The van der Waals surface area contributed by atoms with Gasteiger partial charge in [-0.1, -0.05) is 11.6 Å². The zero-order chi connectivity index (χ0) is 13.5. The van der Waals surface area contributed by atoms with E-state index in [9.17, 15) is 14.3 Å². The molecule has 7 heteroatoms. The van der Waals surface area contributed by atoms with Crippen LogP contribution in [0.25, 0.3) is 0 Å². The molecule has 18 heavy (non-hydrogen) atoms. The number of nitrogens with one attached hydrogen (secondary N) is 2. The minimum Gasteiger partial charge on any atom is -0.389 e. The van der Waals surface area contributed by atoms with E-state index >= 15 is 0 Å². The number of anilines is 1. The minimum atomic E-state index is -0.780. The Morgan fingerprint density at radius 3 is 2.94 bits per heavy atom. The SMILES string of the molecule is COCC(O)CNC(=O)Nc1ccc(F)c(Cl)c1. The van der Waals surface area contributed by atoms with Gasteiger partial charge in [-0.2, -0.15) is 0 Å². The summed E-state index contributed by atoms with van der Waals surface area (Å²) in [7, 11) is 1.45. The van der Waals surface area contributed by atoms with Crippen LogP contribution in [0.1, 0.15) is 0 Å². The first-order chi connectivity index (χ1) is 8.52. The highest BCUT2D eigenvalue weighted by molar-refractivity contribution is 6.31. The molecule has 0 fully saturated rings. The number of ether oxygens (including phenoxy) is 1. The number of benzene rings is 1. The normalized spacial score (nSPS) is 12.0. The molecule has 1 unspecified atom stereocenters. The predicted molar refractivity (Wildman–Crippen MR) is 66.3 cm³/mol. The second kappa shape index (κ2) is 7.15. The Hall–Kier alpha value is -1.37. The lowest BCUT2D eigenvalue weighted by Crippen LogP contribution is -2.37. The maximum atomic E-state index is 12.9. The molecular weight excluding hydrogens is 263 g/mol. The van der Waals surface area contributed by atoms with Crippen molar-refractivity contribution in [1.29, 1.82) is 0 Å². The standard InChI is InChI=1S/C11H14ClFN2O3/c1-18-6-8(16)5-14-11(17)15-7-2-3-10(13)9(12)4-7/h2-4,8,16H,5-6H2,1H3,(H2,14,15,17). The van der Waals surface area contributed by atoms with E-state index in [1.165, 1.54) is 19.2 Å². The number of hydrogen-bond donors (Lipinski definition) is 3. The summed E-state index contributed by atoms with van der Waals surface area (Å²) in [5, 5.41) is 14.1. The molecule has 1 atom stereocenters. The first-order valence-corrected chi connectivity index (χ1v) is 5.57. The zero-order valence-electron chi connectivity index (χ0n) is 9.74. The van der Waals surface area contributed by atoms with Gasteiger partial charge < -0.3 is 20.5 Å². The van der Waals surface area contributed by atoms with E-state index in [1.807, 2.05) is 0 Å². The average molecular weight is 277 g/mol. The van der Waals surface area contributed by atoms with Gasteiger partial charge in [0.15, 0.2) is 0 Å². The van der Waals surface area contributed by atoms with Crippen LogP contribution in [-0.4, -0.2) is 37.5 Å². The lowest BCUT2D eigenvalue weighted by Gasteiger charge is -2.11. The molecule has 0 spiro atoms. The Balaban J connectivity index is 2.42. The summed E-state index contributed by atoms with van der Waals surface area (Å²) in [4.78, 5) is 11.4. The number of carbonyl (C=O) groups is 1. The van der Waals surface area contributed by atoms with Crippen molar-refractivity contribution in [3.8, 4) is 0 Å². The second-order valence-electron chi connectivity index (χ2n) is 3.57. The Morgan fingerprint density at radius 2 is 2.33 bits per heavy atom. The maximum absolute atomic E-state index is 12.9. The summed E-state index contributed by atoms with van der Waals surface area (Å²) in [6.07, 6.45) is -0.780. The van der Waals surface area contributed by atoms with E-state index in [0.29, 0.717) is 5.69 Å². The van der Waals surface area contributed by atoms with Crippen molar-refractivity contribution in [2.45, 2.75) is 6.10 Å². The summed E-state index contributed by atoms with van der Waals surface area (Å²) in [5.74, 6) is -0.557. The van der Waals surface area contributed by atoms with Gasteiger partial charge in [-0.25, -0.2) is 9.18 Å². The summed E-state index contributed by atoms with van der Waals surface area (Å²) in [5.41, 5.74) is 0.361. The molecule has 3 N–H and O–H groups in total. The fraction of sp³-hybridized carbons (Fsp3) is 0.364. The van der Waals surface area contributed by atoms with Crippen LogP contribution in [0.4, 0.5) is 14.9 Å². The predicted octanol–water partition coefficient (Wildman–Crippen LogP) is 1.61. The fourth-order valence-corrected chi connectivity index (χ4v) is 1.39. The van der Waals surface area contributed by atoms with Crippen LogP contribution >= 0.6 is 11.6 Å². The number of rotatable bonds is 5. The molecule has 0 aliphatic rings. The Kier molecular flexibility index (Phi) is 5.84. The zero-order valence-corrected chi connectivity index (χ0v) is 10.5. The van der Waals surface area contributed by atoms with E-state index in [4.69, 9.17) is 16.3 Å². The van der Waals surface area contributed by atoms with Gasteiger partial charge in [0, 0.05) is 19.3 Å². The van der Waals surface area contributed by atoms with E-state index in [0.717, 1.165) is 6.07 Å². The van der Waals surface area contributed by atoms with Crippen molar-refractivity contribution in [1.82, 2.24) is 5.32 Å². The highest BCUT2D eigenvalue weighted by Crippen LogP contribution is 2.19. The molecule has 5 nitrogen and oxygen atoms in total. The summed E-state index contributed by atoms with van der Waals surface area (Å²) in [6.45, 7) is 0.178. The van der Waals surface area contributed by atoms with Crippen molar-refractivity contribution in [2.24, 2.45) is 0 Å². The van der Waals surface area contributed by atoms with E-state index in [2.05, 4.69) is 10.6 Å². The van der Waals surface area contributed by atoms with Crippen LogP contribution in [0.3, 0.4) is 0 Å².